The van der Waals surface area contributed by atoms with Gasteiger partial charge in [-0.25, -0.2) is 0 Å². The fourth-order valence-electron chi connectivity index (χ4n) is 3.28. The minimum Gasteiger partial charge on any atom is -0.342 e. The van der Waals surface area contributed by atoms with Crippen molar-refractivity contribution in [1.29, 1.82) is 0 Å². The van der Waals surface area contributed by atoms with Crippen molar-refractivity contribution in [1.82, 2.24) is 19.7 Å². The van der Waals surface area contributed by atoms with Crippen molar-refractivity contribution in [2.75, 3.05) is 17.3 Å². The number of H-pyrrole nitrogens is 1. The van der Waals surface area contributed by atoms with Crippen molar-refractivity contribution in [3.63, 3.8) is 0 Å². The van der Waals surface area contributed by atoms with E-state index in [2.05, 4.69) is 26.8 Å². The van der Waals surface area contributed by atoms with E-state index in [0.29, 0.717) is 11.9 Å². The predicted octanol–water partition coefficient (Wildman–Crippen LogP) is 3.59. The molecule has 0 spiro atoms. The molecule has 1 aliphatic rings. The Hall–Kier alpha value is -1.76. The van der Waals surface area contributed by atoms with Gasteiger partial charge in [-0.2, -0.15) is 16.7 Å². The molecule has 2 aromatic rings. The molecule has 0 saturated heterocycles. The van der Waals surface area contributed by atoms with E-state index in [9.17, 15) is 4.79 Å². The number of hydrogen-bond acceptors (Lipinski definition) is 4. The number of anilines is 1. The van der Waals surface area contributed by atoms with Crippen molar-refractivity contribution in [3.05, 3.63) is 30.4 Å². The standard InChI is InChI=1S/C17H25N5OS/c1-24-12-9-14(22-10-5-6-11-22)16(23)19-17-18-15(20-21-17)13-7-3-2-4-8-13/h5-6,10-11,13-14H,2-4,7-9,12H2,1H3,(H2,18,19,20,21,23). The van der Waals surface area contributed by atoms with Crippen LogP contribution in [0.25, 0.3) is 0 Å². The Kier molecular flexibility index (Phi) is 5.96. The van der Waals surface area contributed by atoms with Gasteiger partial charge < -0.3 is 4.57 Å². The Labute approximate surface area is 146 Å². The van der Waals surface area contributed by atoms with E-state index in [1.165, 1.54) is 19.3 Å². The molecule has 7 heteroatoms. The minimum atomic E-state index is -0.232. The maximum absolute atomic E-state index is 12.7. The number of nitrogens with one attached hydrogen (secondary N) is 2. The van der Waals surface area contributed by atoms with Crippen LogP contribution in [-0.2, 0) is 4.79 Å². The summed E-state index contributed by atoms with van der Waals surface area (Å²) in [5.74, 6) is 2.62. The molecule has 2 heterocycles. The lowest BCUT2D eigenvalue weighted by Gasteiger charge is -2.18. The van der Waals surface area contributed by atoms with E-state index in [-0.39, 0.29) is 11.9 Å². The molecule has 1 amide bonds. The van der Waals surface area contributed by atoms with E-state index in [1.807, 2.05) is 29.1 Å². The van der Waals surface area contributed by atoms with E-state index < -0.39 is 0 Å². The molecule has 1 atom stereocenters. The van der Waals surface area contributed by atoms with E-state index >= 15 is 0 Å². The van der Waals surface area contributed by atoms with Crippen LogP contribution in [0.5, 0.6) is 0 Å². The average molecular weight is 347 g/mol. The van der Waals surface area contributed by atoms with E-state index in [1.54, 1.807) is 11.8 Å². The first-order chi connectivity index (χ1) is 11.8. The average Bonchev–Trinajstić information content (AvgIpc) is 3.28. The van der Waals surface area contributed by atoms with Gasteiger partial charge in [0.1, 0.15) is 11.9 Å². The maximum atomic E-state index is 12.7. The summed E-state index contributed by atoms with van der Waals surface area (Å²) in [4.78, 5) is 17.2. The molecule has 2 aromatic heterocycles. The zero-order valence-electron chi connectivity index (χ0n) is 14.1. The highest BCUT2D eigenvalue weighted by Gasteiger charge is 2.23. The molecule has 2 N–H and O–H groups in total. The van der Waals surface area contributed by atoms with Crippen LogP contribution in [0.2, 0.25) is 0 Å². The number of aromatic nitrogens is 4. The van der Waals surface area contributed by atoms with E-state index in [4.69, 9.17) is 0 Å². The lowest BCUT2D eigenvalue weighted by atomic mass is 9.89. The molecule has 24 heavy (non-hydrogen) atoms. The van der Waals surface area contributed by atoms with Gasteiger partial charge in [-0.15, -0.1) is 5.10 Å². The molecular formula is C17H25N5OS. The Morgan fingerprint density at radius 2 is 2.12 bits per heavy atom. The first kappa shape index (κ1) is 17.1. The SMILES string of the molecule is CSCCC(C(=O)Nc1n[nH]c(C2CCCCC2)n1)n1cccc1. The lowest BCUT2D eigenvalue weighted by molar-refractivity contribution is -0.119. The fourth-order valence-corrected chi connectivity index (χ4v) is 3.74. The minimum absolute atomic E-state index is 0.0607. The number of rotatable bonds is 7. The van der Waals surface area contributed by atoms with Gasteiger partial charge in [0.2, 0.25) is 11.9 Å². The smallest absolute Gasteiger partial charge is 0.249 e. The van der Waals surface area contributed by atoms with E-state index in [0.717, 1.165) is 30.8 Å². The third-order valence-electron chi connectivity index (χ3n) is 4.62. The Morgan fingerprint density at radius 1 is 1.38 bits per heavy atom. The Bertz CT molecular complexity index is 633. The molecule has 1 saturated carbocycles. The molecule has 0 aliphatic heterocycles. The monoisotopic (exact) mass is 347 g/mol. The van der Waals surface area contributed by atoms with Crippen LogP contribution in [0.3, 0.4) is 0 Å². The first-order valence-corrected chi connectivity index (χ1v) is 10.0. The van der Waals surface area contributed by atoms with Gasteiger partial charge in [0, 0.05) is 18.3 Å². The molecule has 130 valence electrons. The summed E-state index contributed by atoms with van der Waals surface area (Å²) in [6, 6.07) is 3.64. The van der Waals surface area contributed by atoms with Crippen LogP contribution < -0.4 is 5.32 Å². The topological polar surface area (TPSA) is 75.6 Å². The summed E-state index contributed by atoms with van der Waals surface area (Å²) in [5.41, 5.74) is 0. The lowest BCUT2D eigenvalue weighted by Crippen LogP contribution is -2.26. The molecule has 1 aliphatic carbocycles. The van der Waals surface area contributed by atoms with Gasteiger partial charge in [0.05, 0.1) is 0 Å². The predicted molar refractivity (Wildman–Crippen MR) is 97.3 cm³/mol. The van der Waals surface area contributed by atoms with Crippen molar-refractivity contribution in [2.24, 2.45) is 0 Å². The maximum Gasteiger partial charge on any atom is 0.249 e. The van der Waals surface area contributed by atoms with Gasteiger partial charge in [-0.1, -0.05) is 19.3 Å². The van der Waals surface area contributed by atoms with Crippen LogP contribution in [0.4, 0.5) is 5.95 Å². The molecule has 1 fully saturated rings. The highest BCUT2D eigenvalue weighted by Crippen LogP contribution is 2.30. The summed E-state index contributed by atoms with van der Waals surface area (Å²) in [6.07, 6.45) is 12.8. The number of amides is 1. The molecule has 1 unspecified atom stereocenters. The van der Waals surface area contributed by atoms with Crippen LogP contribution in [0.15, 0.2) is 24.5 Å². The van der Waals surface area contributed by atoms with Crippen LogP contribution in [-0.4, -0.2) is 37.7 Å². The molecule has 3 rings (SSSR count). The van der Waals surface area contributed by atoms with Crippen molar-refractivity contribution in [2.45, 2.75) is 50.5 Å². The van der Waals surface area contributed by atoms with Crippen LogP contribution in [0, 0.1) is 0 Å². The summed E-state index contributed by atoms with van der Waals surface area (Å²) < 4.78 is 1.94. The highest BCUT2D eigenvalue weighted by molar-refractivity contribution is 7.98. The molecule has 0 radical (unpaired) electrons. The van der Waals surface area contributed by atoms with Gasteiger partial charge in [0.25, 0.3) is 0 Å². The van der Waals surface area contributed by atoms with Crippen LogP contribution in [0.1, 0.15) is 56.3 Å². The summed E-state index contributed by atoms with van der Waals surface area (Å²) >= 11 is 1.74. The number of carbonyl (C=O) groups is 1. The number of thioether (sulfide) groups is 1. The second-order valence-corrected chi connectivity index (χ2v) is 7.28. The van der Waals surface area contributed by atoms with Crippen LogP contribution >= 0.6 is 11.8 Å². The summed E-state index contributed by atoms with van der Waals surface area (Å²) in [6.45, 7) is 0. The summed E-state index contributed by atoms with van der Waals surface area (Å²) in [7, 11) is 0. The van der Waals surface area contributed by atoms with Gasteiger partial charge in [0.15, 0.2) is 0 Å². The zero-order valence-corrected chi connectivity index (χ0v) is 14.9. The van der Waals surface area contributed by atoms with Crippen molar-refractivity contribution >= 4 is 23.6 Å². The Morgan fingerprint density at radius 3 is 2.83 bits per heavy atom. The highest BCUT2D eigenvalue weighted by atomic mass is 32.2. The largest absolute Gasteiger partial charge is 0.342 e. The molecule has 0 aromatic carbocycles. The number of aromatic amines is 1. The molecule has 6 nitrogen and oxygen atoms in total. The number of hydrogen-bond donors (Lipinski definition) is 2. The fraction of sp³-hybridized carbons (Fsp3) is 0.588. The summed E-state index contributed by atoms with van der Waals surface area (Å²) in [5, 5.41) is 10.1. The quantitative estimate of drug-likeness (QED) is 0.802. The van der Waals surface area contributed by atoms with Gasteiger partial charge in [-0.3, -0.25) is 15.2 Å². The van der Waals surface area contributed by atoms with Crippen molar-refractivity contribution < 1.29 is 4.79 Å². The number of nitrogens with zero attached hydrogens (tertiary/aromatic N) is 3. The first-order valence-electron chi connectivity index (χ1n) is 8.62. The Balaban J connectivity index is 1.65. The third kappa shape index (κ3) is 4.20. The second-order valence-electron chi connectivity index (χ2n) is 6.30. The van der Waals surface area contributed by atoms with Gasteiger partial charge >= 0.3 is 0 Å². The zero-order chi connectivity index (χ0) is 16.8. The molecule has 0 bridgehead atoms. The van der Waals surface area contributed by atoms with Gasteiger partial charge in [-0.05, 0) is 43.4 Å². The molecular weight excluding hydrogens is 322 g/mol. The normalized spacial score (nSPS) is 16.9. The number of carbonyl (C=O) groups excluding carboxylic acids is 1. The van der Waals surface area contributed by atoms with Crippen molar-refractivity contribution in [3.8, 4) is 0 Å². The second kappa shape index (κ2) is 8.37. The third-order valence-corrected chi connectivity index (χ3v) is 5.26.